The van der Waals surface area contributed by atoms with Gasteiger partial charge < -0.3 is 5.32 Å². The highest BCUT2D eigenvalue weighted by Gasteiger charge is 2.19. The van der Waals surface area contributed by atoms with E-state index in [1.807, 2.05) is 6.92 Å². The number of nitrogens with zero attached hydrogens (tertiary/aromatic N) is 1. The highest BCUT2D eigenvalue weighted by molar-refractivity contribution is 9.10. The SMILES string of the molecule is CCN(Cc1c(F)ccc(Br)c1F)CC1CCNCC1. The lowest BCUT2D eigenvalue weighted by atomic mass is 9.97. The van der Waals surface area contributed by atoms with Gasteiger partial charge >= 0.3 is 0 Å². The molecule has 2 nitrogen and oxygen atoms in total. The molecular weight excluding hydrogens is 326 g/mol. The zero-order valence-electron chi connectivity index (χ0n) is 11.8. The molecule has 1 fully saturated rings. The van der Waals surface area contributed by atoms with Crippen molar-refractivity contribution in [1.82, 2.24) is 10.2 Å². The first-order valence-corrected chi connectivity index (χ1v) is 7.96. The van der Waals surface area contributed by atoms with Crippen molar-refractivity contribution in [3.63, 3.8) is 0 Å². The maximum Gasteiger partial charge on any atom is 0.144 e. The minimum Gasteiger partial charge on any atom is -0.317 e. The van der Waals surface area contributed by atoms with Gasteiger partial charge in [0, 0.05) is 18.7 Å². The van der Waals surface area contributed by atoms with Crippen molar-refractivity contribution >= 4 is 15.9 Å². The lowest BCUT2D eigenvalue weighted by molar-refractivity contribution is 0.202. The van der Waals surface area contributed by atoms with E-state index >= 15 is 0 Å². The quantitative estimate of drug-likeness (QED) is 0.820. The maximum atomic E-state index is 14.0. The molecular formula is C15H21BrF2N2. The third-order valence-electron chi connectivity index (χ3n) is 3.94. The molecule has 1 N–H and O–H groups in total. The number of benzene rings is 1. The molecule has 1 heterocycles. The Bertz CT molecular complexity index is 448. The summed E-state index contributed by atoms with van der Waals surface area (Å²) >= 11 is 3.12. The molecule has 1 aliphatic rings. The Hall–Kier alpha value is -0.520. The van der Waals surface area contributed by atoms with E-state index in [0.717, 1.165) is 39.0 Å². The molecule has 0 atom stereocenters. The third kappa shape index (κ3) is 3.99. The molecule has 1 aromatic rings. The summed E-state index contributed by atoms with van der Waals surface area (Å²) in [6.45, 7) is 6.16. The second-order valence-electron chi connectivity index (χ2n) is 5.34. The molecule has 2 rings (SSSR count). The van der Waals surface area contributed by atoms with Gasteiger partial charge in [0.1, 0.15) is 11.6 Å². The molecule has 5 heteroatoms. The van der Waals surface area contributed by atoms with Crippen molar-refractivity contribution in [2.75, 3.05) is 26.2 Å². The van der Waals surface area contributed by atoms with Gasteiger partial charge in [0.25, 0.3) is 0 Å². The molecule has 0 aromatic heterocycles. The van der Waals surface area contributed by atoms with E-state index in [9.17, 15) is 8.78 Å². The van der Waals surface area contributed by atoms with Crippen LogP contribution in [0.15, 0.2) is 16.6 Å². The van der Waals surface area contributed by atoms with Gasteiger partial charge in [-0.15, -0.1) is 0 Å². The van der Waals surface area contributed by atoms with Crippen LogP contribution in [0.5, 0.6) is 0 Å². The van der Waals surface area contributed by atoms with Crippen molar-refractivity contribution < 1.29 is 8.78 Å². The van der Waals surface area contributed by atoms with Crippen LogP contribution in [-0.4, -0.2) is 31.1 Å². The minimum atomic E-state index is -0.478. The zero-order chi connectivity index (χ0) is 14.5. The Balaban J connectivity index is 2.04. The van der Waals surface area contributed by atoms with Gasteiger partial charge in [-0.3, -0.25) is 4.90 Å². The van der Waals surface area contributed by atoms with Crippen molar-refractivity contribution in [2.24, 2.45) is 5.92 Å². The molecule has 0 bridgehead atoms. The van der Waals surface area contributed by atoms with Crippen LogP contribution in [0.1, 0.15) is 25.3 Å². The van der Waals surface area contributed by atoms with Crippen molar-refractivity contribution in [2.45, 2.75) is 26.3 Å². The average molecular weight is 347 g/mol. The smallest absolute Gasteiger partial charge is 0.144 e. The first kappa shape index (κ1) is 15.9. The zero-order valence-corrected chi connectivity index (χ0v) is 13.3. The number of halogens is 3. The van der Waals surface area contributed by atoms with Crippen LogP contribution >= 0.6 is 15.9 Å². The first-order valence-electron chi connectivity index (χ1n) is 7.17. The Morgan fingerprint density at radius 2 is 2.00 bits per heavy atom. The van der Waals surface area contributed by atoms with Crippen LogP contribution in [0.2, 0.25) is 0 Å². The predicted molar refractivity (Wildman–Crippen MR) is 80.6 cm³/mol. The molecule has 1 aliphatic heterocycles. The number of rotatable bonds is 5. The Morgan fingerprint density at radius 3 is 2.65 bits per heavy atom. The van der Waals surface area contributed by atoms with Gasteiger partial charge in [-0.1, -0.05) is 6.92 Å². The molecule has 1 saturated heterocycles. The van der Waals surface area contributed by atoms with E-state index in [-0.39, 0.29) is 5.56 Å². The standard InChI is InChI=1S/C15H21BrF2N2/c1-2-20(9-11-5-7-19-8-6-11)10-12-14(17)4-3-13(16)15(12)18/h3-4,11,19H,2,5-10H2,1H3. The molecule has 112 valence electrons. The van der Waals surface area contributed by atoms with Gasteiger partial charge in [-0.2, -0.15) is 0 Å². The van der Waals surface area contributed by atoms with E-state index in [1.165, 1.54) is 12.1 Å². The van der Waals surface area contributed by atoms with Gasteiger partial charge in [0.2, 0.25) is 0 Å². The lowest BCUT2D eigenvalue weighted by Gasteiger charge is -2.29. The molecule has 0 amide bonds. The van der Waals surface area contributed by atoms with E-state index < -0.39 is 11.6 Å². The second kappa shape index (κ2) is 7.48. The van der Waals surface area contributed by atoms with Gasteiger partial charge in [-0.05, 0) is 66.5 Å². The summed E-state index contributed by atoms with van der Waals surface area (Å²) in [5, 5.41) is 3.34. The Kier molecular flexibility index (Phi) is 5.93. The summed E-state index contributed by atoms with van der Waals surface area (Å²) in [4.78, 5) is 2.13. The summed E-state index contributed by atoms with van der Waals surface area (Å²) in [6.07, 6.45) is 2.28. The van der Waals surface area contributed by atoms with E-state index in [1.54, 1.807) is 0 Å². The Morgan fingerprint density at radius 1 is 1.30 bits per heavy atom. The normalized spacial score (nSPS) is 16.9. The summed E-state index contributed by atoms with van der Waals surface area (Å²) in [7, 11) is 0. The molecule has 1 aromatic carbocycles. The highest BCUT2D eigenvalue weighted by atomic mass is 79.9. The van der Waals surface area contributed by atoms with E-state index in [0.29, 0.717) is 16.9 Å². The summed E-state index contributed by atoms with van der Waals surface area (Å²) in [6, 6.07) is 2.73. The first-order chi connectivity index (χ1) is 9.61. The van der Waals surface area contributed by atoms with Crippen molar-refractivity contribution in [3.05, 3.63) is 33.8 Å². The number of hydrogen-bond donors (Lipinski definition) is 1. The number of nitrogens with one attached hydrogen (secondary N) is 1. The fourth-order valence-electron chi connectivity index (χ4n) is 2.67. The fourth-order valence-corrected chi connectivity index (χ4v) is 3.04. The van der Waals surface area contributed by atoms with Crippen LogP contribution in [-0.2, 0) is 6.54 Å². The number of hydrogen-bond acceptors (Lipinski definition) is 2. The lowest BCUT2D eigenvalue weighted by Crippen LogP contribution is -2.36. The van der Waals surface area contributed by atoms with Gasteiger partial charge in [0.05, 0.1) is 4.47 Å². The highest BCUT2D eigenvalue weighted by Crippen LogP contribution is 2.24. The van der Waals surface area contributed by atoms with Crippen LogP contribution in [0.3, 0.4) is 0 Å². The van der Waals surface area contributed by atoms with Crippen LogP contribution in [0, 0.1) is 17.6 Å². The van der Waals surface area contributed by atoms with Crippen molar-refractivity contribution in [3.8, 4) is 0 Å². The maximum absolute atomic E-state index is 14.0. The average Bonchev–Trinajstić information content (AvgIpc) is 2.47. The van der Waals surface area contributed by atoms with Crippen LogP contribution in [0.25, 0.3) is 0 Å². The molecule has 0 spiro atoms. The topological polar surface area (TPSA) is 15.3 Å². The monoisotopic (exact) mass is 346 g/mol. The van der Waals surface area contributed by atoms with Crippen LogP contribution < -0.4 is 5.32 Å². The van der Waals surface area contributed by atoms with Gasteiger partial charge in [0.15, 0.2) is 0 Å². The molecule has 0 saturated carbocycles. The molecule has 0 unspecified atom stereocenters. The van der Waals surface area contributed by atoms with E-state index in [4.69, 9.17) is 0 Å². The third-order valence-corrected chi connectivity index (χ3v) is 4.56. The molecule has 0 aliphatic carbocycles. The summed E-state index contributed by atoms with van der Waals surface area (Å²) in [5.41, 5.74) is 0.162. The fraction of sp³-hybridized carbons (Fsp3) is 0.600. The second-order valence-corrected chi connectivity index (χ2v) is 6.20. The van der Waals surface area contributed by atoms with Gasteiger partial charge in [-0.25, -0.2) is 8.78 Å². The number of piperidine rings is 1. The Labute approximate surface area is 127 Å². The largest absolute Gasteiger partial charge is 0.317 e. The summed E-state index contributed by atoms with van der Waals surface area (Å²) < 4.78 is 28.1. The molecule has 20 heavy (non-hydrogen) atoms. The van der Waals surface area contributed by atoms with Crippen LogP contribution in [0.4, 0.5) is 8.78 Å². The van der Waals surface area contributed by atoms with Crippen molar-refractivity contribution in [1.29, 1.82) is 0 Å². The molecule has 0 radical (unpaired) electrons. The summed E-state index contributed by atoms with van der Waals surface area (Å²) in [5.74, 6) is -0.322. The van der Waals surface area contributed by atoms with E-state index in [2.05, 4.69) is 26.1 Å². The minimum absolute atomic E-state index is 0.162. The predicted octanol–water partition coefficient (Wildman–Crippen LogP) is 3.55.